The number of phenolic OH excluding ortho intramolecular Hbond substituents is 2. The summed E-state index contributed by atoms with van der Waals surface area (Å²) in [7, 11) is 3.38. The number of phenols is 2. The Kier molecular flexibility index (Phi) is 16.1. The molecule has 5 bridgehead atoms. The second-order valence-electron chi connectivity index (χ2n) is 21.0. The number of aromatic hydroxyl groups is 2. The number of piperidine rings is 1. The van der Waals surface area contributed by atoms with Crippen LogP contribution >= 0.6 is 0 Å². The number of ether oxygens (including phenoxy) is 5. The van der Waals surface area contributed by atoms with E-state index in [0.717, 1.165) is 13.1 Å². The number of aliphatic hydroxyl groups is 2. The van der Waals surface area contributed by atoms with Crippen molar-refractivity contribution >= 4 is 40.1 Å². The van der Waals surface area contributed by atoms with E-state index in [9.17, 15) is 39.6 Å². The van der Waals surface area contributed by atoms with Crippen LogP contribution in [0, 0.1) is 36.5 Å². The van der Waals surface area contributed by atoms with E-state index in [4.69, 9.17) is 33.7 Å². The van der Waals surface area contributed by atoms with E-state index in [-0.39, 0.29) is 68.6 Å². The summed E-state index contributed by atoms with van der Waals surface area (Å²) in [6.07, 6.45) is 4.42. The number of benzene rings is 2. The second kappa shape index (κ2) is 21.4. The Labute approximate surface area is 415 Å². The Morgan fingerprint density at radius 3 is 2.20 bits per heavy atom. The first-order valence-corrected chi connectivity index (χ1v) is 25.0. The van der Waals surface area contributed by atoms with E-state index in [1.165, 1.54) is 26.4 Å². The average molecular weight is 988 g/mol. The minimum Gasteiger partial charge on any atom is -0.507 e. The van der Waals surface area contributed by atoms with Crippen molar-refractivity contribution in [2.75, 3.05) is 52.2 Å². The quantitative estimate of drug-likeness (QED) is 0.177. The van der Waals surface area contributed by atoms with Gasteiger partial charge in [-0.2, -0.15) is 0 Å². The minimum atomic E-state index is -2.01. The van der Waals surface area contributed by atoms with E-state index < -0.39 is 94.7 Å². The van der Waals surface area contributed by atoms with E-state index in [2.05, 4.69) is 29.0 Å². The lowest BCUT2D eigenvalue weighted by molar-refractivity contribution is -0.166. The van der Waals surface area contributed by atoms with Crippen LogP contribution in [0.25, 0.3) is 10.8 Å². The van der Waals surface area contributed by atoms with Gasteiger partial charge in [0, 0.05) is 99.8 Å². The number of methoxy groups -OCH3 is 1. The summed E-state index contributed by atoms with van der Waals surface area (Å²) < 4.78 is 30.1. The number of hydrogen-bond acceptors (Lipinski definition) is 17. The second-order valence-corrected chi connectivity index (χ2v) is 21.0. The van der Waals surface area contributed by atoms with Gasteiger partial charge in [0.2, 0.25) is 0 Å². The number of carbonyl (C=O) groups excluding carboxylic acids is 4. The van der Waals surface area contributed by atoms with Crippen LogP contribution in [0.3, 0.4) is 0 Å². The molecular formula is C53H73N5O13. The predicted molar refractivity (Wildman–Crippen MR) is 263 cm³/mol. The summed E-state index contributed by atoms with van der Waals surface area (Å²) in [5.74, 6) is -7.69. The number of hydrogen-bond donors (Lipinski definition) is 5. The zero-order valence-electron chi connectivity index (χ0n) is 43.0. The number of Topliss-reactive ketones (excluding diaryl/α,β-unsaturated/α-hetero) is 1. The van der Waals surface area contributed by atoms with E-state index in [1.807, 2.05) is 7.05 Å². The molecule has 10 atom stereocenters. The summed E-state index contributed by atoms with van der Waals surface area (Å²) in [6.45, 7) is 19.5. The maximum atomic E-state index is 14.9. The maximum Gasteiger partial charge on any atom is 0.312 e. The number of allylic oxidation sites excluding steroid dienone is 2. The van der Waals surface area contributed by atoms with Crippen molar-refractivity contribution in [2.24, 2.45) is 39.6 Å². The number of amides is 1. The van der Waals surface area contributed by atoms with Crippen LogP contribution in [0.5, 0.6) is 17.2 Å². The van der Waals surface area contributed by atoms with Gasteiger partial charge in [-0.15, -0.1) is 0 Å². The molecule has 2 saturated heterocycles. The van der Waals surface area contributed by atoms with Gasteiger partial charge >= 0.3 is 17.7 Å². The molecule has 0 radical (unpaired) electrons. The molecule has 2 fully saturated rings. The highest BCUT2D eigenvalue weighted by molar-refractivity contribution is 6.19. The third kappa shape index (κ3) is 10.9. The zero-order valence-corrected chi connectivity index (χ0v) is 43.0. The molecule has 0 aromatic heterocycles. The molecule has 8 rings (SSSR count). The average Bonchev–Trinajstić information content (AvgIpc) is 4.00. The number of anilines is 1. The van der Waals surface area contributed by atoms with Gasteiger partial charge in [0.05, 0.1) is 53.7 Å². The zero-order chi connectivity index (χ0) is 51.9. The molecule has 1 unspecified atom stereocenters. The molecule has 5 N–H and O–H groups in total. The third-order valence-electron chi connectivity index (χ3n) is 15.0. The van der Waals surface area contributed by atoms with Gasteiger partial charge in [-0.05, 0) is 39.3 Å². The summed E-state index contributed by atoms with van der Waals surface area (Å²) in [5, 5.41) is 50.8. The molecule has 18 nitrogen and oxygen atoms in total. The van der Waals surface area contributed by atoms with Crippen LogP contribution in [-0.2, 0) is 33.3 Å². The van der Waals surface area contributed by atoms with Gasteiger partial charge in [-0.25, -0.2) is 0 Å². The molecule has 2 aromatic rings. The lowest BCUT2D eigenvalue weighted by Crippen LogP contribution is -2.46. The number of nitrogens with zero attached hydrogens (tertiary/aromatic N) is 4. The van der Waals surface area contributed by atoms with Gasteiger partial charge in [-0.3, -0.25) is 29.2 Å². The number of esters is 2. The van der Waals surface area contributed by atoms with Crippen LogP contribution in [0.15, 0.2) is 46.1 Å². The molecule has 1 amide bonds. The molecule has 2 aromatic carbocycles. The number of nitrogens with one attached hydrogen (secondary N) is 1. The number of aliphatic hydroxyl groups excluding tert-OH is 2. The molecular weight excluding hydrogens is 915 g/mol. The Morgan fingerprint density at radius 1 is 0.901 bits per heavy atom. The Bertz CT molecular complexity index is 2620. The molecule has 6 heterocycles. The Balaban J connectivity index is 1.29. The van der Waals surface area contributed by atoms with Crippen molar-refractivity contribution in [3.05, 3.63) is 58.0 Å². The number of carbonyl (C=O) groups is 4. The largest absolute Gasteiger partial charge is 0.507 e. The highest BCUT2D eigenvalue weighted by Gasteiger charge is 2.50. The molecule has 6 aliphatic rings. The highest BCUT2D eigenvalue weighted by Crippen LogP contribution is 2.50. The van der Waals surface area contributed by atoms with Crippen LogP contribution < -0.4 is 20.8 Å². The smallest absolute Gasteiger partial charge is 0.312 e. The number of ketones is 1. The predicted octanol–water partition coefficient (Wildman–Crippen LogP) is 4.76. The van der Waals surface area contributed by atoms with Crippen molar-refractivity contribution in [1.82, 2.24) is 9.80 Å². The van der Waals surface area contributed by atoms with Crippen molar-refractivity contribution in [1.29, 1.82) is 0 Å². The van der Waals surface area contributed by atoms with Crippen LogP contribution in [-0.4, -0.2) is 143 Å². The Morgan fingerprint density at radius 2 is 1.56 bits per heavy atom. The third-order valence-corrected chi connectivity index (χ3v) is 15.0. The fourth-order valence-electron chi connectivity index (χ4n) is 10.7. The van der Waals surface area contributed by atoms with Crippen LogP contribution in [0.2, 0.25) is 0 Å². The first kappa shape index (κ1) is 53.4. The summed E-state index contributed by atoms with van der Waals surface area (Å²) in [6, 6.07) is 0. The topological polar surface area (TPSA) is 239 Å². The number of fused-ring (bicyclic) bond motifs is 13. The lowest BCUT2D eigenvalue weighted by atomic mass is 9.78. The maximum absolute atomic E-state index is 14.9. The van der Waals surface area contributed by atoms with Gasteiger partial charge in [0.15, 0.2) is 11.4 Å². The minimum absolute atomic E-state index is 0.0101. The van der Waals surface area contributed by atoms with Crippen molar-refractivity contribution in [3.63, 3.8) is 0 Å². The van der Waals surface area contributed by atoms with Gasteiger partial charge in [0.1, 0.15) is 34.8 Å². The lowest BCUT2D eigenvalue weighted by Gasteiger charge is -2.38. The highest BCUT2D eigenvalue weighted by atomic mass is 16.7. The van der Waals surface area contributed by atoms with Gasteiger partial charge < -0.3 is 59.2 Å². The van der Waals surface area contributed by atoms with Crippen LogP contribution in [0.1, 0.15) is 103 Å². The molecule has 0 aliphatic carbocycles. The van der Waals surface area contributed by atoms with Crippen LogP contribution in [0.4, 0.5) is 5.69 Å². The molecule has 71 heavy (non-hydrogen) atoms. The summed E-state index contributed by atoms with van der Waals surface area (Å²) in [5.41, 5.74) is -0.689. The molecule has 0 saturated carbocycles. The summed E-state index contributed by atoms with van der Waals surface area (Å²) in [4.78, 5) is 70.0. The van der Waals surface area contributed by atoms with Crippen molar-refractivity contribution < 1.29 is 63.3 Å². The Hall–Kier alpha value is -5.40. The standard InChI is InChI=1S/C53H73N5O13/c1-27(2)25-58-22-19-53(20-23-58)55-41-38-39-46(63)33(8)49-40(38)50(65)52(9,71-49)68-24-18-35(67-11)30(5)48(70-37(60)16-15-36(59)69-34-17-21-57(10)26-34)32(7)45(62)31(6)44(61)28(3)13-12-14-29(4)51(66)54-43(47(39)64)42(41)56-53/h12-14,18,24,27-28,30-32,34-35,44-45,48,61-64H,15-17,19-23,25-26H2,1-11H3,(H,54,66)/b13-12+,24-18+,29-14-/t28-,30+,31+,32+,34?,35-,44-,45+,48+,52-/m0/s1. The first-order valence-electron chi connectivity index (χ1n) is 25.0. The molecule has 388 valence electrons. The van der Waals surface area contributed by atoms with Gasteiger partial charge in [-0.1, -0.05) is 59.8 Å². The van der Waals surface area contributed by atoms with Crippen molar-refractivity contribution in [3.8, 4) is 17.2 Å². The number of rotatable bonds is 8. The van der Waals surface area contributed by atoms with E-state index in [0.29, 0.717) is 44.8 Å². The van der Waals surface area contributed by atoms with Gasteiger partial charge in [0.25, 0.3) is 11.7 Å². The first-order chi connectivity index (χ1) is 33.5. The SMILES string of the molecule is CO[C@H]1/C=C/O[C@@]2(C)Oc3c(C)c(O)c4c(O)c(c5c(c4c3C2=O)=NC2(CCN(CC(C)C)CC2)N=5)NC(=O)/C(C)=C\C=C\[C@H](C)[C@H](O)[C@@H](C)[C@@H](O)[C@@H](C)[C@H](OC(=O)CCC(=O)OC2CCN(C)C2)[C@@H]1C. The van der Waals surface area contributed by atoms with Crippen molar-refractivity contribution in [2.45, 2.75) is 136 Å². The van der Waals surface area contributed by atoms with E-state index >= 15 is 0 Å². The fraction of sp³-hybridized carbons (Fsp3) is 0.623. The summed E-state index contributed by atoms with van der Waals surface area (Å²) >= 11 is 0. The normalized spacial score (nSPS) is 32.1. The number of likely N-dealkylation sites (tertiary alicyclic amines) is 2. The molecule has 1 spiro atoms. The number of likely N-dealkylation sites (N-methyl/N-ethyl adjacent to an activating group) is 1. The fourth-order valence-corrected chi connectivity index (χ4v) is 10.7. The molecule has 18 heteroatoms. The monoisotopic (exact) mass is 988 g/mol. The van der Waals surface area contributed by atoms with E-state index in [1.54, 1.807) is 59.8 Å². The molecule has 6 aliphatic heterocycles.